The van der Waals surface area contributed by atoms with Gasteiger partial charge in [0.2, 0.25) is 0 Å². The molecule has 146 valence electrons. The summed E-state index contributed by atoms with van der Waals surface area (Å²) in [6.45, 7) is 1.80. The monoisotopic (exact) mass is 387 g/mol. The topological polar surface area (TPSA) is 94.2 Å². The first kappa shape index (κ1) is 18.6. The largest absolute Gasteiger partial charge is 0.480 e. The molecule has 0 fully saturated rings. The van der Waals surface area contributed by atoms with Crippen molar-refractivity contribution < 1.29 is 14.7 Å². The molecule has 3 aromatic carbocycles. The predicted molar refractivity (Wildman–Crippen MR) is 114 cm³/mol. The Morgan fingerprint density at radius 3 is 2.41 bits per heavy atom. The summed E-state index contributed by atoms with van der Waals surface area (Å²) in [5, 5.41) is 18.0. The van der Waals surface area contributed by atoms with Crippen molar-refractivity contribution >= 4 is 39.4 Å². The van der Waals surface area contributed by atoms with E-state index >= 15 is 0 Å². The van der Waals surface area contributed by atoms with E-state index in [-0.39, 0.29) is 0 Å². The van der Waals surface area contributed by atoms with Crippen molar-refractivity contribution in [3.05, 3.63) is 78.5 Å². The van der Waals surface area contributed by atoms with E-state index in [1.165, 1.54) is 0 Å². The van der Waals surface area contributed by atoms with Crippen LogP contribution < -0.4 is 10.6 Å². The highest BCUT2D eigenvalue weighted by Crippen LogP contribution is 2.28. The molecular weight excluding hydrogens is 366 g/mol. The fourth-order valence-corrected chi connectivity index (χ4v) is 3.68. The highest BCUT2D eigenvalue weighted by atomic mass is 16.4. The minimum absolute atomic E-state index is 0.429. The molecule has 29 heavy (non-hydrogen) atoms. The number of rotatable bonds is 5. The van der Waals surface area contributed by atoms with Crippen molar-refractivity contribution in [1.29, 1.82) is 0 Å². The van der Waals surface area contributed by atoms with Crippen molar-refractivity contribution in [2.24, 2.45) is 0 Å². The number of hydrogen-bond donors (Lipinski definition) is 4. The molecule has 6 nitrogen and oxygen atoms in total. The van der Waals surface area contributed by atoms with Crippen LogP contribution in [0, 0.1) is 0 Å². The molecule has 0 saturated heterocycles. The first-order valence-electron chi connectivity index (χ1n) is 9.38. The highest BCUT2D eigenvalue weighted by molar-refractivity contribution is 6.02. The Balaban J connectivity index is 1.56. The second-order valence-corrected chi connectivity index (χ2v) is 7.02. The molecule has 0 saturated carbocycles. The maximum atomic E-state index is 12.6. The summed E-state index contributed by atoms with van der Waals surface area (Å²) in [6.07, 6.45) is 1.80. The fourth-order valence-electron chi connectivity index (χ4n) is 3.68. The summed E-state index contributed by atoms with van der Waals surface area (Å²) >= 11 is 0. The van der Waals surface area contributed by atoms with E-state index in [0.29, 0.717) is 5.69 Å². The summed E-state index contributed by atoms with van der Waals surface area (Å²) in [5.41, 5.74) is 2.40. The lowest BCUT2D eigenvalue weighted by Crippen LogP contribution is -2.46. The molecule has 2 atom stereocenters. The van der Waals surface area contributed by atoms with Crippen LogP contribution in [0.5, 0.6) is 0 Å². The van der Waals surface area contributed by atoms with Gasteiger partial charge in [-0.15, -0.1) is 0 Å². The van der Waals surface area contributed by atoms with Crippen LogP contribution >= 0.6 is 0 Å². The Labute approximate surface area is 167 Å². The van der Waals surface area contributed by atoms with Crippen molar-refractivity contribution in [3.8, 4) is 0 Å². The smallest absolute Gasteiger partial charge is 0.326 e. The molecule has 0 spiro atoms. The van der Waals surface area contributed by atoms with Gasteiger partial charge in [0.05, 0.1) is 5.69 Å². The van der Waals surface area contributed by atoms with Gasteiger partial charge in [0.1, 0.15) is 6.04 Å². The third kappa shape index (κ3) is 3.65. The number of aliphatic carboxylic acids is 1. The van der Waals surface area contributed by atoms with Crippen LogP contribution in [0.2, 0.25) is 0 Å². The number of hydrogen-bond acceptors (Lipinski definition) is 2. The van der Waals surface area contributed by atoms with E-state index < -0.39 is 24.0 Å². The molecule has 2 unspecified atom stereocenters. The normalized spacial score (nSPS) is 13.1. The fraction of sp³-hybridized carbons (Fsp3) is 0.130. The van der Waals surface area contributed by atoms with Crippen molar-refractivity contribution in [1.82, 2.24) is 10.3 Å². The number of carbonyl (C=O) groups is 2. The number of nitrogens with one attached hydrogen (secondary N) is 3. The summed E-state index contributed by atoms with van der Waals surface area (Å²) in [6, 6.07) is 19.3. The Hall–Kier alpha value is -3.80. The zero-order valence-corrected chi connectivity index (χ0v) is 15.8. The van der Waals surface area contributed by atoms with Crippen molar-refractivity contribution in [2.45, 2.75) is 18.9 Å². The van der Waals surface area contributed by atoms with E-state index in [4.69, 9.17) is 0 Å². The average Bonchev–Trinajstić information content (AvgIpc) is 3.16. The minimum Gasteiger partial charge on any atom is -0.480 e. The number of aromatic amines is 1. The zero-order chi connectivity index (χ0) is 20.4. The molecule has 1 aromatic heterocycles. The van der Waals surface area contributed by atoms with E-state index in [1.807, 2.05) is 60.7 Å². The maximum absolute atomic E-state index is 12.6. The van der Waals surface area contributed by atoms with E-state index in [0.717, 1.165) is 27.2 Å². The summed E-state index contributed by atoms with van der Waals surface area (Å²) in [7, 11) is 0. The van der Waals surface area contributed by atoms with E-state index in [2.05, 4.69) is 15.6 Å². The summed E-state index contributed by atoms with van der Waals surface area (Å²) in [5.74, 6) is -1.52. The van der Waals surface area contributed by atoms with Gasteiger partial charge >= 0.3 is 12.0 Å². The van der Waals surface area contributed by atoms with Crippen LogP contribution in [0.3, 0.4) is 0 Å². The lowest BCUT2D eigenvalue weighted by molar-refractivity contribution is -0.139. The second-order valence-electron chi connectivity index (χ2n) is 7.02. The van der Waals surface area contributed by atoms with Crippen LogP contribution in [0.15, 0.2) is 72.9 Å². The van der Waals surface area contributed by atoms with Gasteiger partial charge in [-0.1, -0.05) is 61.5 Å². The zero-order valence-electron chi connectivity index (χ0n) is 15.8. The van der Waals surface area contributed by atoms with E-state index in [9.17, 15) is 14.7 Å². The third-order valence-corrected chi connectivity index (χ3v) is 5.20. The molecule has 0 radical (unpaired) electrons. The van der Waals surface area contributed by atoms with Gasteiger partial charge in [-0.2, -0.15) is 0 Å². The molecular formula is C23H21N3O3. The molecule has 2 amide bonds. The Morgan fingerprint density at radius 2 is 1.62 bits per heavy atom. The van der Waals surface area contributed by atoms with Crippen molar-refractivity contribution in [3.63, 3.8) is 0 Å². The van der Waals surface area contributed by atoms with Crippen molar-refractivity contribution in [2.75, 3.05) is 5.32 Å². The standard InChI is InChI=1S/C23H21N3O3/c1-14(18-13-24-19-11-5-4-10-17(18)19)21(22(27)28)26-23(29)25-20-12-6-8-15-7-2-3-9-16(15)20/h2-14,21,24H,1H3,(H,27,28)(H2,25,26,29). The molecule has 0 aliphatic carbocycles. The molecule has 0 aliphatic rings. The number of H-pyrrole nitrogens is 1. The van der Waals surface area contributed by atoms with Crippen LogP contribution in [-0.2, 0) is 4.79 Å². The first-order chi connectivity index (χ1) is 14.0. The third-order valence-electron chi connectivity index (χ3n) is 5.20. The van der Waals surface area contributed by atoms with Gasteiger partial charge in [0.15, 0.2) is 0 Å². The quantitative estimate of drug-likeness (QED) is 0.400. The minimum atomic E-state index is -1.09. The molecule has 4 aromatic rings. The lowest BCUT2D eigenvalue weighted by Gasteiger charge is -2.22. The van der Waals surface area contributed by atoms with Gasteiger partial charge in [0, 0.05) is 28.4 Å². The number of carboxylic acid groups (broad SMARTS) is 1. The van der Waals surface area contributed by atoms with Crippen LogP contribution in [-0.4, -0.2) is 28.1 Å². The summed E-state index contributed by atoms with van der Waals surface area (Å²) < 4.78 is 0. The van der Waals surface area contributed by atoms with E-state index in [1.54, 1.807) is 19.2 Å². The van der Waals surface area contributed by atoms with Gasteiger partial charge in [-0.25, -0.2) is 9.59 Å². The number of carboxylic acids is 1. The molecule has 1 heterocycles. The Morgan fingerprint density at radius 1 is 0.931 bits per heavy atom. The van der Waals surface area contributed by atoms with Gasteiger partial charge in [0.25, 0.3) is 0 Å². The first-order valence-corrected chi connectivity index (χ1v) is 9.38. The molecule has 0 bridgehead atoms. The molecule has 0 aliphatic heterocycles. The molecule has 4 rings (SSSR count). The molecule has 6 heteroatoms. The Kier molecular flexibility index (Phi) is 4.91. The van der Waals surface area contributed by atoms with Crippen LogP contribution in [0.1, 0.15) is 18.4 Å². The number of aromatic nitrogens is 1. The SMILES string of the molecule is CC(c1c[nH]c2ccccc12)C(NC(=O)Nc1cccc2ccccc12)C(=O)O. The van der Waals surface area contributed by atoms with Crippen LogP contribution in [0.4, 0.5) is 10.5 Å². The lowest BCUT2D eigenvalue weighted by atomic mass is 9.93. The number of fused-ring (bicyclic) bond motifs is 2. The van der Waals surface area contributed by atoms with Gasteiger partial charge in [-0.05, 0) is 23.1 Å². The number of amides is 2. The number of carbonyl (C=O) groups excluding carboxylic acids is 1. The maximum Gasteiger partial charge on any atom is 0.326 e. The summed E-state index contributed by atoms with van der Waals surface area (Å²) in [4.78, 5) is 27.7. The average molecular weight is 387 g/mol. The molecule has 4 N–H and O–H groups in total. The number of para-hydroxylation sites is 1. The number of urea groups is 1. The number of anilines is 1. The Bertz CT molecular complexity index is 1190. The van der Waals surface area contributed by atoms with Crippen LogP contribution in [0.25, 0.3) is 21.7 Å². The second kappa shape index (κ2) is 7.67. The van der Waals surface area contributed by atoms with Gasteiger partial charge < -0.3 is 20.7 Å². The predicted octanol–water partition coefficient (Wildman–Crippen LogP) is 4.70. The number of benzene rings is 3. The van der Waals surface area contributed by atoms with Gasteiger partial charge in [-0.3, -0.25) is 0 Å². The highest BCUT2D eigenvalue weighted by Gasteiger charge is 2.29.